The Bertz CT molecular complexity index is 1710. The number of aromatic nitrogens is 5. The van der Waals surface area contributed by atoms with Crippen LogP contribution in [0.4, 0.5) is 22.0 Å². The van der Waals surface area contributed by atoms with Crippen LogP contribution in [0.25, 0.3) is 28.0 Å². The Kier molecular flexibility index (Phi) is 5.75. The number of alkyl halides is 5. The van der Waals surface area contributed by atoms with Gasteiger partial charge in [0, 0.05) is 11.8 Å². The van der Waals surface area contributed by atoms with E-state index < -0.39 is 33.0 Å². The van der Waals surface area contributed by atoms with E-state index in [2.05, 4.69) is 26.3 Å². The van der Waals surface area contributed by atoms with Crippen LogP contribution in [-0.4, -0.2) is 45.3 Å². The van der Waals surface area contributed by atoms with Crippen molar-refractivity contribution < 1.29 is 30.4 Å². The summed E-state index contributed by atoms with van der Waals surface area (Å²) in [5.74, 6) is -5.73. The molecule has 14 heteroatoms. The number of hydrogen-bond acceptors (Lipinski definition) is 7. The first kappa shape index (κ1) is 25.7. The van der Waals surface area contributed by atoms with Crippen LogP contribution in [0.3, 0.4) is 0 Å². The molecule has 0 aliphatic heterocycles. The molecular formula is C24H17F5N6O2S. The molecule has 38 heavy (non-hydrogen) atoms. The van der Waals surface area contributed by atoms with Crippen molar-refractivity contribution in [1.29, 1.82) is 5.26 Å². The average Bonchev–Trinajstić information content (AvgIpc) is 3.58. The van der Waals surface area contributed by atoms with E-state index in [9.17, 15) is 35.6 Å². The fourth-order valence-electron chi connectivity index (χ4n) is 3.95. The third-order valence-corrected chi connectivity index (χ3v) is 8.17. The van der Waals surface area contributed by atoms with Gasteiger partial charge in [-0.2, -0.15) is 32.3 Å². The minimum atomic E-state index is -5.89. The van der Waals surface area contributed by atoms with E-state index in [1.165, 1.54) is 19.2 Å². The molecule has 1 aromatic carbocycles. The van der Waals surface area contributed by atoms with E-state index in [1.807, 2.05) is 0 Å². The summed E-state index contributed by atoms with van der Waals surface area (Å²) >= 11 is 0. The molecule has 1 aliphatic rings. The largest absolute Gasteiger partial charge is 0.459 e. The third kappa shape index (κ3) is 4.16. The Morgan fingerprint density at radius 1 is 1.03 bits per heavy atom. The molecule has 3 heterocycles. The Morgan fingerprint density at radius 3 is 2.29 bits per heavy atom. The second-order valence-corrected chi connectivity index (χ2v) is 11.1. The second-order valence-electron chi connectivity index (χ2n) is 8.87. The fourth-order valence-corrected chi connectivity index (χ4v) is 5.00. The normalized spacial score (nSPS) is 15.4. The van der Waals surface area contributed by atoms with Crippen molar-refractivity contribution in [3.05, 3.63) is 60.0 Å². The van der Waals surface area contributed by atoms with Gasteiger partial charge >= 0.3 is 12.1 Å². The number of hydrogen-bond donors (Lipinski definition) is 0. The van der Waals surface area contributed by atoms with E-state index in [-0.39, 0.29) is 27.5 Å². The molecular weight excluding hydrogens is 531 g/mol. The lowest BCUT2D eigenvalue weighted by atomic mass is 9.95. The lowest BCUT2D eigenvalue weighted by molar-refractivity contribution is -0.291. The van der Waals surface area contributed by atoms with Gasteiger partial charge in [0.25, 0.3) is 0 Å². The van der Waals surface area contributed by atoms with Gasteiger partial charge in [-0.25, -0.2) is 18.1 Å². The number of rotatable bonds is 6. The topological polar surface area (TPSA) is 114 Å². The number of halogens is 5. The first-order chi connectivity index (χ1) is 17.8. The van der Waals surface area contributed by atoms with Crippen molar-refractivity contribution in [2.75, 3.05) is 5.75 Å². The molecule has 0 atom stereocenters. The Labute approximate surface area is 212 Å². The van der Waals surface area contributed by atoms with Crippen LogP contribution in [0.1, 0.15) is 31.0 Å². The molecule has 0 unspecified atom stereocenters. The van der Waals surface area contributed by atoms with Crippen molar-refractivity contribution in [1.82, 2.24) is 25.0 Å². The monoisotopic (exact) mass is 548 g/mol. The molecule has 0 bridgehead atoms. The molecule has 5 rings (SSSR count). The highest BCUT2D eigenvalue weighted by atomic mass is 32.2. The summed E-state index contributed by atoms with van der Waals surface area (Å²) in [7, 11) is -3.89. The van der Waals surface area contributed by atoms with E-state index in [1.54, 1.807) is 24.3 Å². The number of sulfone groups is 1. The van der Waals surface area contributed by atoms with Crippen LogP contribution in [0, 0.1) is 11.3 Å². The summed E-state index contributed by atoms with van der Waals surface area (Å²) in [6, 6.07) is 11.3. The summed E-state index contributed by atoms with van der Waals surface area (Å²) in [4.78, 5) is 4.01. The Balaban J connectivity index is 1.58. The van der Waals surface area contributed by atoms with Gasteiger partial charge in [-0.1, -0.05) is 31.2 Å². The predicted molar refractivity (Wildman–Crippen MR) is 124 cm³/mol. The molecule has 1 aliphatic carbocycles. The highest BCUT2D eigenvalue weighted by Gasteiger charge is 2.60. The zero-order chi connectivity index (χ0) is 27.5. The van der Waals surface area contributed by atoms with Gasteiger partial charge in [-0.3, -0.25) is 0 Å². The molecule has 0 spiro atoms. The van der Waals surface area contributed by atoms with Gasteiger partial charge in [-0.15, -0.1) is 10.2 Å². The molecule has 1 fully saturated rings. The first-order valence-corrected chi connectivity index (χ1v) is 12.9. The number of pyridine rings is 1. The molecule has 3 aromatic heterocycles. The van der Waals surface area contributed by atoms with Crippen LogP contribution < -0.4 is 0 Å². The minimum absolute atomic E-state index is 0.139. The molecule has 0 N–H and O–H groups in total. The smallest absolute Gasteiger partial charge is 0.235 e. The summed E-state index contributed by atoms with van der Waals surface area (Å²) in [5, 5.41) is 19.8. The average molecular weight is 548 g/mol. The van der Waals surface area contributed by atoms with Crippen LogP contribution in [0.2, 0.25) is 0 Å². The molecule has 1 saturated carbocycles. The number of nitriles is 1. The Hall–Kier alpha value is -3.99. The van der Waals surface area contributed by atoms with E-state index in [0.29, 0.717) is 17.2 Å². The standard InChI is InChI=1S/C24H17F5N6O2S/c1-2-38(36,37)19-9-15(14-3-5-16(6-4-14)22(13-30)7-8-22)11-31-21(19)35-12-18-17(34-35)10-20(33-32-18)23(25,26)24(27,28)29/h3-6,9-12H,2,7-8H2,1H3. The summed E-state index contributed by atoms with van der Waals surface area (Å²) in [6.45, 7) is 1.42. The van der Waals surface area contributed by atoms with Crippen molar-refractivity contribution in [3.8, 4) is 23.0 Å². The fraction of sp³-hybridized carbons (Fsp3) is 0.292. The molecule has 0 amide bonds. The number of benzene rings is 1. The minimum Gasteiger partial charge on any atom is -0.235 e. The van der Waals surface area contributed by atoms with Crippen LogP contribution >= 0.6 is 0 Å². The zero-order valence-electron chi connectivity index (χ0n) is 19.5. The van der Waals surface area contributed by atoms with Crippen molar-refractivity contribution >= 4 is 20.9 Å². The van der Waals surface area contributed by atoms with E-state index in [0.717, 1.165) is 29.3 Å². The van der Waals surface area contributed by atoms with E-state index >= 15 is 0 Å². The second kappa shape index (κ2) is 8.52. The maximum Gasteiger partial charge on any atom is 0.459 e. The highest BCUT2D eigenvalue weighted by Crippen LogP contribution is 2.48. The number of nitrogens with zero attached hydrogens (tertiary/aromatic N) is 6. The molecule has 196 valence electrons. The first-order valence-electron chi connectivity index (χ1n) is 11.2. The van der Waals surface area contributed by atoms with Crippen LogP contribution in [-0.2, 0) is 21.2 Å². The molecule has 0 radical (unpaired) electrons. The van der Waals surface area contributed by atoms with Gasteiger partial charge in [0.1, 0.15) is 21.6 Å². The van der Waals surface area contributed by atoms with Crippen LogP contribution in [0.5, 0.6) is 0 Å². The number of fused-ring (bicyclic) bond motifs is 1. The summed E-state index contributed by atoms with van der Waals surface area (Å²) in [5.41, 5.74) is -0.643. The van der Waals surface area contributed by atoms with E-state index in [4.69, 9.17) is 0 Å². The van der Waals surface area contributed by atoms with Gasteiger partial charge in [0.15, 0.2) is 15.7 Å². The van der Waals surface area contributed by atoms with Crippen molar-refractivity contribution in [2.45, 2.75) is 42.2 Å². The van der Waals surface area contributed by atoms with Crippen molar-refractivity contribution in [3.63, 3.8) is 0 Å². The van der Waals surface area contributed by atoms with Gasteiger partial charge in [0.05, 0.1) is 23.4 Å². The van der Waals surface area contributed by atoms with Crippen molar-refractivity contribution in [2.24, 2.45) is 0 Å². The SMILES string of the molecule is CCS(=O)(=O)c1cc(-c2ccc(C3(C#N)CC3)cc2)cnc1-n1cc2nnc(C(F)(F)C(F)(F)F)cc2n1. The lowest BCUT2D eigenvalue weighted by Crippen LogP contribution is -2.34. The maximum atomic E-state index is 13.7. The third-order valence-electron chi connectivity index (χ3n) is 6.44. The lowest BCUT2D eigenvalue weighted by Gasteiger charge is -2.17. The summed E-state index contributed by atoms with van der Waals surface area (Å²) < 4.78 is 92.6. The molecule has 0 saturated heterocycles. The maximum absolute atomic E-state index is 13.7. The van der Waals surface area contributed by atoms with Gasteiger partial charge in [-0.05, 0) is 36.1 Å². The summed E-state index contributed by atoms with van der Waals surface area (Å²) in [6.07, 6.45) is -1.81. The Morgan fingerprint density at radius 2 is 1.71 bits per heavy atom. The quantitative estimate of drug-likeness (QED) is 0.316. The van der Waals surface area contributed by atoms with Crippen LogP contribution in [0.15, 0.2) is 53.7 Å². The molecule has 4 aromatic rings. The molecule has 8 nitrogen and oxygen atoms in total. The predicted octanol–water partition coefficient (Wildman–Crippen LogP) is 4.88. The highest BCUT2D eigenvalue weighted by molar-refractivity contribution is 7.91. The van der Waals surface area contributed by atoms with Gasteiger partial charge < -0.3 is 0 Å². The zero-order valence-corrected chi connectivity index (χ0v) is 20.4. The van der Waals surface area contributed by atoms with Gasteiger partial charge in [0.2, 0.25) is 0 Å².